The highest BCUT2D eigenvalue weighted by atomic mass is 32.2. The molecule has 108 valence electrons. The van der Waals surface area contributed by atoms with Gasteiger partial charge in [0.1, 0.15) is 0 Å². The van der Waals surface area contributed by atoms with E-state index < -0.39 is 10.8 Å². The fourth-order valence-electron chi connectivity index (χ4n) is 2.08. The monoisotopic (exact) mass is 294 g/mol. The first-order valence-electron chi connectivity index (χ1n) is 6.37. The van der Waals surface area contributed by atoms with Crippen LogP contribution in [0.3, 0.4) is 0 Å². The lowest BCUT2D eigenvalue weighted by Crippen LogP contribution is -2.18. The summed E-state index contributed by atoms with van der Waals surface area (Å²) in [5.74, 6) is 0.0104. The molecule has 0 N–H and O–H groups in total. The first-order valence-corrected chi connectivity index (χ1v) is 7.75. The zero-order valence-corrected chi connectivity index (χ0v) is 12.6. The summed E-state index contributed by atoms with van der Waals surface area (Å²) in [5, 5.41) is 5.18. The van der Waals surface area contributed by atoms with Gasteiger partial charge in [-0.05, 0) is 6.07 Å². The molecule has 1 heterocycles. The Morgan fingerprint density at radius 2 is 2.15 bits per heavy atom. The normalized spacial score (nSPS) is 14.2. The molecule has 2 aromatic rings. The van der Waals surface area contributed by atoms with Crippen molar-refractivity contribution in [2.75, 3.05) is 7.11 Å². The Morgan fingerprint density at radius 1 is 1.45 bits per heavy atom. The Labute approximate surface area is 120 Å². The van der Waals surface area contributed by atoms with E-state index in [0.29, 0.717) is 5.75 Å². The fraction of sp³-hybridized carbons (Fsp3) is 0.429. The van der Waals surface area contributed by atoms with Crippen LogP contribution in [0.15, 0.2) is 24.3 Å². The second kappa shape index (κ2) is 6.17. The number of aromatic nitrogens is 2. The highest BCUT2D eigenvalue weighted by molar-refractivity contribution is 7.84. The molecular weight excluding hydrogens is 276 g/mol. The van der Waals surface area contributed by atoms with Crippen molar-refractivity contribution in [3.8, 4) is 0 Å². The molecule has 0 radical (unpaired) electrons. The Hall–Kier alpha value is -1.69. The predicted octanol–water partition coefficient (Wildman–Crippen LogP) is 1.77. The third-order valence-corrected chi connectivity index (χ3v) is 4.87. The van der Waals surface area contributed by atoms with Gasteiger partial charge in [0, 0.05) is 28.5 Å². The van der Waals surface area contributed by atoms with Crippen LogP contribution in [0.2, 0.25) is 0 Å². The quantitative estimate of drug-likeness (QED) is 0.789. The highest BCUT2D eigenvalue weighted by Crippen LogP contribution is 2.20. The zero-order chi connectivity index (χ0) is 14.7. The van der Waals surface area contributed by atoms with Gasteiger partial charge < -0.3 is 4.74 Å². The molecule has 2 unspecified atom stereocenters. The molecular formula is C14H18N2O3S. The van der Waals surface area contributed by atoms with Crippen LogP contribution in [0.4, 0.5) is 0 Å². The van der Waals surface area contributed by atoms with Crippen LogP contribution in [0.5, 0.6) is 0 Å². The average Bonchev–Trinajstić information content (AvgIpc) is 2.75. The van der Waals surface area contributed by atoms with Crippen molar-refractivity contribution in [2.24, 2.45) is 7.05 Å². The third-order valence-electron chi connectivity index (χ3n) is 3.24. The van der Waals surface area contributed by atoms with Gasteiger partial charge in [0.05, 0.1) is 30.5 Å². The minimum Gasteiger partial charge on any atom is -0.469 e. The van der Waals surface area contributed by atoms with Crippen LogP contribution in [0.25, 0.3) is 10.9 Å². The molecule has 0 aliphatic heterocycles. The van der Waals surface area contributed by atoms with Crippen LogP contribution in [-0.4, -0.2) is 32.3 Å². The van der Waals surface area contributed by atoms with Crippen molar-refractivity contribution in [1.82, 2.24) is 9.78 Å². The minimum absolute atomic E-state index is 0.161. The lowest BCUT2D eigenvalue weighted by atomic mass is 10.2. The van der Waals surface area contributed by atoms with Gasteiger partial charge in [0.2, 0.25) is 0 Å². The van der Waals surface area contributed by atoms with E-state index in [4.69, 9.17) is 0 Å². The van der Waals surface area contributed by atoms with Gasteiger partial charge in [-0.3, -0.25) is 13.7 Å². The fourth-order valence-corrected chi connectivity index (χ4v) is 3.17. The lowest BCUT2D eigenvalue weighted by molar-refractivity contribution is -0.140. The number of benzene rings is 1. The number of esters is 1. The first-order chi connectivity index (χ1) is 9.52. The average molecular weight is 294 g/mol. The Morgan fingerprint density at radius 3 is 2.85 bits per heavy atom. The highest BCUT2D eigenvalue weighted by Gasteiger charge is 2.19. The third kappa shape index (κ3) is 3.07. The molecule has 2 rings (SSSR count). The molecule has 0 fully saturated rings. The number of carbonyl (C=O) groups excluding carboxylic acids is 1. The maximum absolute atomic E-state index is 12.3. The molecule has 20 heavy (non-hydrogen) atoms. The summed E-state index contributed by atoms with van der Waals surface area (Å²) in [6, 6.07) is 7.84. The zero-order valence-electron chi connectivity index (χ0n) is 11.8. The SMILES string of the molecule is COC(=O)CC(C)S(=O)Cc1nn(C)c2ccccc12. The Kier molecular flexibility index (Phi) is 4.54. The number of rotatable bonds is 5. The maximum atomic E-state index is 12.3. The largest absolute Gasteiger partial charge is 0.469 e. The molecule has 0 saturated carbocycles. The molecule has 0 saturated heterocycles. The van der Waals surface area contributed by atoms with Gasteiger partial charge in [-0.15, -0.1) is 0 Å². The summed E-state index contributed by atoms with van der Waals surface area (Å²) in [6.07, 6.45) is 0.161. The summed E-state index contributed by atoms with van der Waals surface area (Å²) >= 11 is 0. The second-order valence-corrected chi connectivity index (χ2v) is 6.56. The number of carbonyl (C=O) groups is 1. The molecule has 0 aliphatic rings. The number of fused-ring (bicyclic) bond motifs is 1. The Balaban J connectivity index is 2.16. The van der Waals surface area contributed by atoms with E-state index in [2.05, 4.69) is 9.84 Å². The number of aryl methyl sites for hydroxylation is 1. The van der Waals surface area contributed by atoms with E-state index in [1.165, 1.54) is 7.11 Å². The van der Waals surface area contributed by atoms with Crippen LogP contribution < -0.4 is 0 Å². The molecule has 1 aromatic carbocycles. The van der Waals surface area contributed by atoms with E-state index in [-0.39, 0.29) is 17.6 Å². The molecule has 5 nitrogen and oxygen atoms in total. The second-order valence-electron chi connectivity index (χ2n) is 4.70. The summed E-state index contributed by atoms with van der Waals surface area (Å²) in [4.78, 5) is 11.2. The summed E-state index contributed by atoms with van der Waals surface area (Å²) in [7, 11) is 2.05. The van der Waals surface area contributed by atoms with Crippen LogP contribution in [0.1, 0.15) is 19.0 Å². The molecule has 0 amide bonds. The number of para-hydroxylation sites is 1. The van der Waals surface area contributed by atoms with Crippen LogP contribution in [-0.2, 0) is 33.1 Å². The summed E-state index contributed by atoms with van der Waals surface area (Å²) < 4.78 is 18.7. The molecule has 6 heteroatoms. The van der Waals surface area contributed by atoms with Gasteiger partial charge in [-0.1, -0.05) is 25.1 Å². The topological polar surface area (TPSA) is 61.2 Å². The number of hydrogen-bond donors (Lipinski definition) is 0. The smallest absolute Gasteiger partial charge is 0.306 e. The van der Waals surface area contributed by atoms with Crippen LogP contribution in [0, 0.1) is 0 Å². The van der Waals surface area contributed by atoms with Crippen molar-refractivity contribution in [3.63, 3.8) is 0 Å². The summed E-state index contributed by atoms with van der Waals surface area (Å²) in [5.41, 5.74) is 1.82. The Bertz CT molecular complexity index is 651. The molecule has 1 aromatic heterocycles. The lowest BCUT2D eigenvalue weighted by Gasteiger charge is -2.08. The molecule has 2 atom stereocenters. The molecule has 0 spiro atoms. The van der Waals surface area contributed by atoms with E-state index in [9.17, 15) is 9.00 Å². The first kappa shape index (κ1) is 14.7. The number of hydrogen-bond acceptors (Lipinski definition) is 4. The van der Waals surface area contributed by atoms with Gasteiger partial charge in [-0.25, -0.2) is 0 Å². The summed E-state index contributed by atoms with van der Waals surface area (Å²) in [6.45, 7) is 1.79. The van der Waals surface area contributed by atoms with Crippen molar-refractivity contribution in [3.05, 3.63) is 30.0 Å². The maximum Gasteiger partial charge on any atom is 0.306 e. The van der Waals surface area contributed by atoms with Crippen molar-refractivity contribution >= 4 is 27.7 Å². The number of methoxy groups -OCH3 is 1. The van der Waals surface area contributed by atoms with Crippen LogP contribution >= 0.6 is 0 Å². The van der Waals surface area contributed by atoms with Crippen molar-refractivity contribution in [2.45, 2.75) is 24.3 Å². The van der Waals surface area contributed by atoms with E-state index in [1.807, 2.05) is 31.3 Å². The van der Waals surface area contributed by atoms with Crippen molar-refractivity contribution in [1.29, 1.82) is 0 Å². The van der Waals surface area contributed by atoms with E-state index in [0.717, 1.165) is 16.6 Å². The number of nitrogens with zero attached hydrogens (tertiary/aromatic N) is 2. The van der Waals surface area contributed by atoms with Crippen molar-refractivity contribution < 1.29 is 13.7 Å². The standard InChI is InChI=1S/C14H18N2O3S/c1-10(8-14(17)19-3)20(18)9-12-11-6-4-5-7-13(11)16(2)15-12/h4-7,10H,8-9H2,1-3H3. The van der Waals surface area contributed by atoms with Gasteiger partial charge >= 0.3 is 5.97 Å². The number of ether oxygens (including phenoxy) is 1. The van der Waals surface area contributed by atoms with Gasteiger partial charge in [-0.2, -0.15) is 5.10 Å². The molecule has 0 bridgehead atoms. The van der Waals surface area contributed by atoms with E-state index in [1.54, 1.807) is 11.6 Å². The van der Waals surface area contributed by atoms with E-state index >= 15 is 0 Å². The van der Waals surface area contributed by atoms with Gasteiger partial charge in [0.25, 0.3) is 0 Å². The predicted molar refractivity (Wildman–Crippen MR) is 78.7 cm³/mol. The minimum atomic E-state index is -1.16. The van der Waals surface area contributed by atoms with Gasteiger partial charge in [0.15, 0.2) is 0 Å². The molecule has 0 aliphatic carbocycles.